The Balaban J connectivity index is 1.57. The Kier molecular flexibility index (Phi) is 6.51. The van der Waals surface area contributed by atoms with Gasteiger partial charge in [-0.2, -0.15) is 0 Å². The molecule has 0 aliphatic carbocycles. The van der Waals surface area contributed by atoms with Crippen LogP contribution >= 0.6 is 11.6 Å². The van der Waals surface area contributed by atoms with Crippen LogP contribution in [0.5, 0.6) is 5.75 Å². The van der Waals surface area contributed by atoms with E-state index in [-0.39, 0.29) is 6.03 Å². The molecule has 6 heteroatoms. The van der Waals surface area contributed by atoms with Crippen LogP contribution in [0.2, 0.25) is 5.02 Å². The summed E-state index contributed by atoms with van der Waals surface area (Å²) in [5.41, 5.74) is 0.819. The lowest BCUT2D eigenvalue weighted by Gasteiger charge is -2.09. The average Bonchev–Trinajstić information content (AvgIpc) is 2.55. The summed E-state index contributed by atoms with van der Waals surface area (Å²) in [5, 5.41) is 6.09. The zero-order chi connectivity index (χ0) is 15.6. The highest BCUT2D eigenvalue weighted by molar-refractivity contribution is 6.32. The number of para-hydroxylation sites is 1. The number of hydrogen-bond donors (Lipinski definition) is 2. The predicted octanol–water partition coefficient (Wildman–Crippen LogP) is 3.00. The molecule has 0 spiro atoms. The van der Waals surface area contributed by atoms with Crippen LogP contribution in [0.15, 0.2) is 48.7 Å². The van der Waals surface area contributed by atoms with Crippen LogP contribution in [0.1, 0.15) is 12.1 Å². The van der Waals surface area contributed by atoms with E-state index in [2.05, 4.69) is 15.6 Å². The molecule has 0 unspecified atom stereocenters. The number of rotatable bonds is 7. The third-order valence-electron chi connectivity index (χ3n) is 2.86. The van der Waals surface area contributed by atoms with Gasteiger partial charge in [0, 0.05) is 12.7 Å². The third-order valence-corrected chi connectivity index (χ3v) is 3.17. The molecule has 0 saturated heterocycles. The van der Waals surface area contributed by atoms with Crippen LogP contribution in [0, 0.1) is 0 Å². The van der Waals surface area contributed by atoms with E-state index in [4.69, 9.17) is 16.3 Å². The zero-order valence-corrected chi connectivity index (χ0v) is 12.8. The molecular weight excluding hydrogens is 302 g/mol. The number of aromatic nitrogens is 1. The van der Waals surface area contributed by atoms with Gasteiger partial charge in [0.25, 0.3) is 0 Å². The molecule has 2 amide bonds. The standard InChI is InChI=1S/C16H18ClN3O2/c17-14-7-1-2-8-15(14)22-11-5-10-19-16(21)20-12-13-6-3-4-9-18-13/h1-4,6-9H,5,10-12H2,(H2,19,20,21). The van der Waals surface area contributed by atoms with Gasteiger partial charge in [0.05, 0.1) is 23.9 Å². The largest absolute Gasteiger partial charge is 0.492 e. The molecule has 0 bridgehead atoms. The Morgan fingerprint density at radius 2 is 1.95 bits per heavy atom. The van der Waals surface area contributed by atoms with Gasteiger partial charge < -0.3 is 15.4 Å². The lowest BCUT2D eigenvalue weighted by Crippen LogP contribution is -2.36. The Morgan fingerprint density at radius 1 is 1.14 bits per heavy atom. The second-order valence-corrected chi connectivity index (χ2v) is 4.97. The maximum absolute atomic E-state index is 11.6. The predicted molar refractivity (Wildman–Crippen MR) is 86.0 cm³/mol. The van der Waals surface area contributed by atoms with Gasteiger partial charge >= 0.3 is 6.03 Å². The summed E-state index contributed by atoms with van der Waals surface area (Å²) in [6, 6.07) is 12.7. The molecule has 2 rings (SSSR count). The molecule has 1 aromatic heterocycles. The van der Waals surface area contributed by atoms with Gasteiger partial charge in [0.1, 0.15) is 5.75 Å². The van der Waals surface area contributed by atoms with E-state index in [9.17, 15) is 4.79 Å². The highest BCUT2D eigenvalue weighted by Crippen LogP contribution is 2.22. The van der Waals surface area contributed by atoms with E-state index in [1.807, 2.05) is 36.4 Å². The van der Waals surface area contributed by atoms with Crippen molar-refractivity contribution in [2.45, 2.75) is 13.0 Å². The van der Waals surface area contributed by atoms with Crippen molar-refractivity contribution in [3.05, 3.63) is 59.4 Å². The number of nitrogens with zero attached hydrogens (tertiary/aromatic N) is 1. The normalized spacial score (nSPS) is 10.0. The lowest BCUT2D eigenvalue weighted by molar-refractivity contribution is 0.238. The Labute approximate surface area is 134 Å². The van der Waals surface area contributed by atoms with E-state index >= 15 is 0 Å². The lowest BCUT2D eigenvalue weighted by atomic mass is 10.3. The molecule has 0 atom stereocenters. The fraction of sp³-hybridized carbons (Fsp3) is 0.250. The number of ether oxygens (including phenoxy) is 1. The number of halogens is 1. The van der Waals surface area contributed by atoms with Crippen LogP contribution in [0.4, 0.5) is 4.79 Å². The minimum atomic E-state index is -0.219. The zero-order valence-electron chi connectivity index (χ0n) is 12.1. The van der Waals surface area contributed by atoms with Crippen molar-refractivity contribution in [3.8, 4) is 5.75 Å². The van der Waals surface area contributed by atoms with Crippen molar-refractivity contribution < 1.29 is 9.53 Å². The monoisotopic (exact) mass is 319 g/mol. The maximum Gasteiger partial charge on any atom is 0.315 e. The highest BCUT2D eigenvalue weighted by Gasteiger charge is 2.01. The third kappa shape index (κ3) is 5.61. The van der Waals surface area contributed by atoms with Crippen LogP contribution in [0.25, 0.3) is 0 Å². The first-order valence-electron chi connectivity index (χ1n) is 7.04. The highest BCUT2D eigenvalue weighted by atomic mass is 35.5. The molecule has 0 aliphatic rings. The Bertz CT molecular complexity index is 593. The van der Waals surface area contributed by atoms with Crippen molar-refractivity contribution in [1.29, 1.82) is 0 Å². The quantitative estimate of drug-likeness (QED) is 0.771. The van der Waals surface area contributed by atoms with Gasteiger partial charge in [-0.15, -0.1) is 0 Å². The van der Waals surface area contributed by atoms with E-state index in [0.29, 0.717) is 36.9 Å². The number of amides is 2. The first-order chi connectivity index (χ1) is 10.8. The molecule has 116 valence electrons. The summed E-state index contributed by atoms with van der Waals surface area (Å²) in [6.07, 6.45) is 2.39. The van der Waals surface area contributed by atoms with Gasteiger partial charge in [0.2, 0.25) is 0 Å². The number of pyridine rings is 1. The fourth-order valence-corrected chi connectivity index (χ4v) is 1.94. The molecule has 1 aromatic carbocycles. The second kappa shape index (κ2) is 8.89. The van der Waals surface area contributed by atoms with Crippen LogP contribution < -0.4 is 15.4 Å². The first-order valence-corrected chi connectivity index (χ1v) is 7.42. The summed E-state index contributed by atoms with van der Waals surface area (Å²) >= 11 is 5.98. The van der Waals surface area contributed by atoms with Crippen molar-refractivity contribution >= 4 is 17.6 Å². The minimum absolute atomic E-state index is 0.219. The number of nitrogens with one attached hydrogen (secondary N) is 2. The molecule has 0 saturated carbocycles. The molecule has 0 aliphatic heterocycles. The summed E-state index contributed by atoms with van der Waals surface area (Å²) in [4.78, 5) is 15.7. The first kappa shape index (κ1) is 16.1. The van der Waals surface area contributed by atoms with Crippen LogP contribution in [-0.4, -0.2) is 24.2 Å². The molecule has 5 nitrogen and oxygen atoms in total. The number of carbonyl (C=O) groups is 1. The Hall–Kier alpha value is -2.27. The molecule has 0 fully saturated rings. The molecule has 2 aromatic rings. The summed E-state index contributed by atoms with van der Waals surface area (Å²) in [5.74, 6) is 0.656. The fourth-order valence-electron chi connectivity index (χ4n) is 1.75. The number of hydrogen-bond acceptors (Lipinski definition) is 3. The van der Waals surface area contributed by atoms with Crippen molar-refractivity contribution in [3.63, 3.8) is 0 Å². The topological polar surface area (TPSA) is 63.2 Å². The van der Waals surface area contributed by atoms with E-state index < -0.39 is 0 Å². The van der Waals surface area contributed by atoms with Crippen LogP contribution in [-0.2, 0) is 6.54 Å². The second-order valence-electron chi connectivity index (χ2n) is 4.56. The number of benzene rings is 1. The smallest absolute Gasteiger partial charge is 0.315 e. The average molecular weight is 320 g/mol. The number of carbonyl (C=O) groups excluding carboxylic acids is 1. The molecule has 0 radical (unpaired) electrons. The summed E-state index contributed by atoms with van der Waals surface area (Å²) in [7, 11) is 0. The summed E-state index contributed by atoms with van der Waals surface area (Å²) < 4.78 is 5.53. The van der Waals surface area contributed by atoms with Crippen molar-refractivity contribution in [1.82, 2.24) is 15.6 Å². The molecule has 2 N–H and O–H groups in total. The molecular formula is C16H18ClN3O2. The number of urea groups is 1. The molecule has 1 heterocycles. The Morgan fingerprint density at radius 3 is 2.73 bits per heavy atom. The van der Waals surface area contributed by atoms with Crippen molar-refractivity contribution in [2.24, 2.45) is 0 Å². The van der Waals surface area contributed by atoms with Gasteiger partial charge in [-0.05, 0) is 30.7 Å². The summed E-state index contributed by atoms with van der Waals surface area (Å²) in [6.45, 7) is 1.42. The van der Waals surface area contributed by atoms with Gasteiger partial charge in [-0.25, -0.2) is 4.79 Å². The minimum Gasteiger partial charge on any atom is -0.492 e. The SMILES string of the molecule is O=C(NCCCOc1ccccc1Cl)NCc1ccccn1. The molecule has 22 heavy (non-hydrogen) atoms. The van der Waals surface area contributed by atoms with Crippen LogP contribution in [0.3, 0.4) is 0 Å². The van der Waals surface area contributed by atoms with E-state index in [1.54, 1.807) is 12.3 Å². The van der Waals surface area contributed by atoms with Gasteiger partial charge in [0.15, 0.2) is 0 Å². The van der Waals surface area contributed by atoms with E-state index in [1.165, 1.54) is 0 Å². The van der Waals surface area contributed by atoms with Gasteiger partial charge in [-0.1, -0.05) is 29.8 Å². The maximum atomic E-state index is 11.6. The van der Waals surface area contributed by atoms with E-state index in [0.717, 1.165) is 5.69 Å². The van der Waals surface area contributed by atoms with Crippen molar-refractivity contribution in [2.75, 3.05) is 13.2 Å². The van der Waals surface area contributed by atoms with Gasteiger partial charge in [-0.3, -0.25) is 4.98 Å².